The molecule has 1 aliphatic heterocycles. The second-order valence-electron chi connectivity index (χ2n) is 10.4. The molecule has 0 aliphatic carbocycles. The van der Waals surface area contributed by atoms with Crippen molar-refractivity contribution >= 4 is 35.4 Å². The molecule has 0 bridgehead atoms. The van der Waals surface area contributed by atoms with Gasteiger partial charge in [0.15, 0.2) is 5.82 Å². The van der Waals surface area contributed by atoms with E-state index in [1.807, 2.05) is 30.9 Å². The van der Waals surface area contributed by atoms with Gasteiger partial charge in [0.1, 0.15) is 23.1 Å². The van der Waals surface area contributed by atoms with Crippen LogP contribution >= 0.6 is 0 Å². The minimum atomic E-state index is -0.825. The second kappa shape index (κ2) is 13.3. The first-order valence-corrected chi connectivity index (χ1v) is 13.4. The summed E-state index contributed by atoms with van der Waals surface area (Å²) in [6.45, 7) is 13.6. The molecule has 1 aromatic heterocycles. The summed E-state index contributed by atoms with van der Waals surface area (Å²) < 4.78 is 11.2. The average molecular weight is 541 g/mol. The van der Waals surface area contributed by atoms with Gasteiger partial charge in [0.2, 0.25) is 11.9 Å². The molecular formula is C28H40N6O5. The summed E-state index contributed by atoms with van der Waals surface area (Å²) in [7, 11) is 0. The lowest BCUT2D eigenvalue weighted by molar-refractivity contribution is -0.155. The number of carbonyl (C=O) groups excluding carboxylic acids is 3. The molecule has 1 saturated heterocycles. The molecule has 0 spiro atoms. The highest BCUT2D eigenvalue weighted by molar-refractivity contribution is 5.92. The number of likely N-dealkylation sites (tertiary alicyclic amines) is 1. The van der Waals surface area contributed by atoms with Gasteiger partial charge in [-0.3, -0.25) is 4.79 Å². The van der Waals surface area contributed by atoms with Crippen LogP contribution in [0.1, 0.15) is 59.9 Å². The molecular weight excluding hydrogens is 500 g/mol. The van der Waals surface area contributed by atoms with Crippen LogP contribution in [0.15, 0.2) is 30.5 Å². The van der Waals surface area contributed by atoms with E-state index in [4.69, 9.17) is 9.47 Å². The Kier molecular flexibility index (Phi) is 10.1. The Labute approximate surface area is 230 Å². The monoisotopic (exact) mass is 540 g/mol. The minimum Gasteiger partial charge on any atom is -0.458 e. The highest BCUT2D eigenvalue weighted by Crippen LogP contribution is 2.25. The molecule has 39 heavy (non-hydrogen) atoms. The minimum absolute atomic E-state index is 0.263. The van der Waals surface area contributed by atoms with Gasteiger partial charge < -0.3 is 29.9 Å². The first kappa shape index (κ1) is 29.7. The van der Waals surface area contributed by atoms with Crippen LogP contribution in [0.3, 0.4) is 0 Å². The zero-order chi connectivity index (χ0) is 28.6. The van der Waals surface area contributed by atoms with Gasteiger partial charge in [-0.05, 0) is 65.2 Å². The third kappa shape index (κ3) is 8.83. The highest BCUT2D eigenvalue weighted by Gasteiger charge is 2.28. The zero-order valence-electron chi connectivity index (χ0n) is 23.7. The van der Waals surface area contributed by atoms with Crippen molar-refractivity contribution in [2.75, 3.05) is 41.7 Å². The number of esters is 1. The maximum atomic E-state index is 13.3. The standard InChI is InChI=1S/C28H40N6O5/c1-7-33(8-2)26-29-18-23(30-19(3)35)24(32-26)31-22(25(36)39-28(4,5)6)17-20-11-13-21(14-12-20)38-27(37)34-15-9-10-16-34/h11-14,18,22H,7-10,15-17H2,1-6H3,(H,30,35)(H,29,31,32)/t22-/m0/s1. The largest absolute Gasteiger partial charge is 0.458 e. The normalized spacial score (nSPS) is 13.9. The van der Waals surface area contributed by atoms with E-state index >= 15 is 0 Å². The Bertz CT molecular complexity index is 1140. The lowest BCUT2D eigenvalue weighted by atomic mass is 10.0. The number of rotatable bonds is 10. The summed E-state index contributed by atoms with van der Waals surface area (Å²) in [5, 5.41) is 5.92. The Morgan fingerprint density at radius 3 is 2.28 bits per heavy atom. The fourth-order valence-electron chi connectivity index (χ4n) is 4.15. The van der Waals surface area contributed by atoms with E-state index in [1.54, 1.807) is 37.8 Å². The lowest BCUT2D eigenvalue weighted by Crippen LogP contribution is -2.38. The molecule has 2 heterocycles. The molecule has 1 atom stereocenters. The van der Waals surface area contributed by atoms with Crippen molar-refractivity contribution in [3.05, 3.63) is 36.0 Å². The third-order valence-corrected chi connectivity index (χ3v) is 6.07. The molecule has 212 valence electrons. The molecule has 3 rings (SSSR count). The smallest absolute Gasteiger partial charge is 0.415 e. The van der Waals surface area contributed by atoms with Crippen molar-refractivity contribution in [1.82, 2.24) is 14.9 Å². The Hall–Kier alpha value is -3.89. The zero-order valence-corrected chi connectivity index (χ0v) is 23.7. The van der Waals surface area contributed by atoms with Crippen molar-refractivity contribution in [2.45, 2.75) is 72.4 Å². The summed E-state index contributed by atoms with van der Waals surface area (Å²) in [5.74, 6) is 0.469. The van der Waals surface area contributed by atoms with Gasteiger partial charge in [-0.1, -0.05) is 12.1 Å². The summed E-state index contributed by atoms with van der Waals surface area (Å²) in [4.78, 5) is 50.1. The van der Waals surface area contributed by atoms with Crippen molar-refractivity contribution in [1.29, 1.82) is 0 Å². The number of benzene rings is 1. The van der Waals surface area contributed by atoms with Gasteiger partial charge >= 0.3 is 12.1 Å². The van der Waals surface area contributed by atoms with E-state index in [9.17, 15) is 14.4 Å². The van der Waals surface area contributed by atoms with Gasteiger partial charge in [0.05, 0.1) is 6.20 Å². The van der Waals surface area contributed by atoms with E-state index in [2.05, 4.69) is 20.6 Å². The van der Waals surface area contributed by atoms with E-state index < -0.39 is 17.6 Å². The SMILES string of the molecule is CCN(CC)c1ncc(NC(C)=O)c(N[C@@H](Cc2ccc(OC(=O)N3CCCC3)cc2)C(=O)OC(C)(C)C)n1. The van der Waals surface area contributed by atoms with Crippen molar-refractivity contribution in [3.8, 4) is 5.75 Å². The fourth-order valence-corrected chi connectivity index (χ4v) is 4.15. The topological polar surface area (TPSA) is 126 Å². The Morgan fingerprint density at radius 2 is 1.72 bits per heavy atom. The van der Waals surface area contributed by atoms with Gasteiger partial charge in [0, 0.05) is 39.5 Å². The van der Waals surface area contributed by atoms with Crippen LogP contribution in [0, 0.1) is 0 Å². The number of hydrogen-bond acceptors (Lipinski definition) is 9. The molecule has 1 fully saturated rings. The number of aromatic nitrogens is 2. The Balaban J connectivity index is 1.85. The number of hydrogen-bond donors (Lipinski definition) is 2. The summed E-state index contributed by atoms with van der Waals surface area (Å²) in [6, 6.07) is 6.21. The van der Waals surface area contributed by atoms with Crippen LogP contribution < -0.4 is 20.3 Å². The average Bonchev–Trinajstić information content (AvgIpc) is 3.41. The molecule has 2 aromatic rings. The van der Waals surface area contributed by atoms with E-state index in [-0.39, 0.29) is 18.4 Å². The van der Waals surface area contributed by atoms with Crippen LogP contribution in [0.2, 0.25) is 0 Å². The van der Waals surface area contributed by atoms with Gasteiger partial charge in [-0.15, -0.1) is 0 Å². The molecule has 0 radical (unpaired) electrons. The van der Waals surface area contributed by atoms with Gasteiger partial charge in [-0.2, -0.15) is 4.98 Å². The molecule has 2 amide bonds. The van der Waals surface area contributed by atoms with Crippen LogP contribution in [0.4, 0.5) is 22.2 Å². The van der Waals surface area contributed by atoms with E-state index in [1.165, 1.54) is 13.1 Å². The van der Waals surface area contributed by atoms with Crippen LogP contribution in [0.5, 0.6) is 5.75 Å². The third-order valence-electron chi connectivity index (χ3n) is 6.07. The molecule has 0 saturated carbocycles. The fraction of sp³-hybridized carbons (Fsp3) is 0.536. The first-order valence-electron chi connectivity index (χ1n) is 13.4. The second-order valence-corrected chi connectivity index (χ2v) is 10.4. The Morgan fingerprint density at radius 1 is 1.08 bits per heavy atom. The van der Waals surface area contributed by atoms with Gasteiger partial charge in [0.25, 0.3) is 0 Å². The molecule has 1 aromatic carbocycles. The molecule has 11 nitrogen and oxygen atoms in total. The molecule has 11 heteroatoms. The maximum Gasteiger partial charge on any atom is 0.415 e. The number of carbonyl (C=O) groups is 3. The number of anilines is 3. The van der Waals surface area contributed by atoms with Crippen molar-refractivity contribution in [3.63, 3.8) is 0 Å². The summed E-state index contributed by atoms with van der Waals surface area (Å²) in [6.07, 6.45) is 3.41. The van der Waals surface area contributed by atoms with E-state index in [0.29, 0.717) is 49.4 Å². The lowest BCUT2D eigenvalue weighted by Gasteiger charge is -2.26. The van der Waals surface area contributed by atoms with Crippen LogP contribution in [-0.2, 0) is 20.7 Å². The molecule has 2 N–H and O–H groups in total. The number of ether oxygens (including phenoxy) is 2. The van der Waals surface area contributed by atoms with Crippen molar-refractivity contribution in [2.24, 2.45) is 0 Å². The maximum absolute atomic E-state index is 13.3. The predicted octanol–water partition coefficient (Wildman–Crippen LogP) is 4.24. The number of nitrogens with one attached hydrogen (secondary N) is 2. The molecule has 0 unspecified atom stereocenters. The number of amides is 2. The van der Waals surface area contributed by atoms with Crippen LogP contribution in [-0.4, -0.2) is 70.7 Å². The number of nitrogens with zero attached hydrogens (tertiary/aromatic N) is 4. The summed E-state index contributed by atoms with van der Waals surface area (Å²) >= 11 is 0. The first-order chi connectivity index (χ1) is 18.5. The van der Waals surface area contributed by atoms with Crippen molar-refractivity contribution < 1.29 is 23.9 Å². The highest BCUT2D eigenvalue weighted by atomic mass is 16.6. The predicted molar refractivity (Wildman–Crippen MR) is 150 cm³/mol. The molecule has 1 aliphatic rings. The summed E-state index contributed by atoms with van der Waals surface area (Å²) in [5.41, 5.74) is 0.470. The quantitative estimate of drug-likeness (QED) is 0.426. The van der Waals surface area contributed by atoms with Crippen LogP contribution in [0.25, 0.3) is 0 Å². The van der Waals surface area contributed by atoms with E-state index in [0.717, 1.165) is 18.4 Å². The van der Waals surface area contributed by atoms with Gasteiger partial charge in [-0.25, -0.2) is 14.6 Å².